The minimum absolute atomic E-state index is 0.0907. The molecule has 1 N–H and O–H groups in total. The number of anilines is 1. The van der Waals surface area contributed by atoms with E-state index in [2.05, 4.69) is 5.32 Å². The molecule has 1 saturated heterocycles. The van der Waals surface area contributed by atoms with Crippen molar-refractivity contribution < 1.29 is 19.2 Å². The molecule has 0 aliphatic carbocycles. The Hall–Kier alpha value is -3.22. The third-order valence-electron chi connectivity index (χ3n) is 4.56. The molecule has 0 unspecified atom stereocenters. The molecule has 24 heavy (non-hydrogen) atoms. The summed E-state index contributed by atoms with van der Waals surface area (Å²) in [5.41, 5.74) is -0.276. The van der Waals surface area contributed by atoms with Crippen LogP contribution >= 0.6 is 0 Å². The van der Waals surface area contributed by atoms with Gasteiger partial charge in [0.15, 0.2) is 0 Å². The summed E-state index contributed by atoms with van der Waals surface area (Å²) >= 11 is 0. The van der Waals surface area contributed by atoms with Gasteiger partial charge in [-0.1, -0.05) is 36.4 Å². The van der Waals surface area contributed by atoms with Gasteiger partial charge in [-0.2, -0.15) is 0 Å². The number of rotatable bonds is 2. The molecule has 0 radical (unpaired) electrons. The van der Waals surface area contributed by atoms with Crippen LogP contribution in [0, 0.1) is 10.1 Å². The van der Waals surface area contributed by atoms with E-state index in [4.69, 9.17) is 4.74 Å². The van der Waals surface area contributed by atoms with Crippen molar-refractivity contribution in [2.24, 2.45) is 0 Å². The fraction of sp³-hybridized carbons (Fsp3) is 0.176. The SMILES string of the molecule is O=C1C[C@@H](c2ccccc2[N+](=O)[O-])[C@]2(O1)C(=O)Nc1ccccc12. The number of benzene rings is 2. The number of nitro groups is 1. The number of hydrogen-bond donors (Lipinski definition) is 1. The Morgan fingerprint density at radius 2 is 1.83 bits per heavy atom. The van der Waals surface area contributed by atoms with Gasteiger partial charge in [0.2, 0.25) is 5.60 Å². The zero-order valence-electron chi connectivity index (χ0n) is 12.4. The van der Waals surface area contributed by atoms with Gasteiger partial charge in [0.05, 0.1) is 17.3 Å². The predicted octanol–water partition coefficient (Wildman–Crippen LogP) is 2.47. The number of carbonyl (C=O) groups excluding carboxylic acids is 2. The first-order valence-corrected chi connectivity index (χ1v) is 7.40. The van der Waals surface area contributed by atoms with Gasteiger partial charge in [-0.3, -0.25) is 19.7 Å². The summed E-state index contributed by atoms with van der Waals surface area (Å²) in [6, 6.07) is 13.0. The van der Waals surface area contributed by atoms with Gasteiger partial charge < -0.3 is 10.1 Å². The molecule has 2 aliphatic heterocycles. The Bertz CT molecular complexity index is 894. The first-order valence-electron chi connectivity index (χ1n) is 7.40. The normalized spacial score (nSPS) is 24.6. The van der Waals surface area contributed by atoms with Crippen LogP contribution in [0.25, 0.3) is 0 Å². The molecule has 120 valence electrons. The van der Waals surface area contributed by atoms with E-state index >= 15 is 0 Å². The molecule has 0 saturated carbocycles. The second kappa shape index (κ2) is 4.89. The van der Waals surface area contributed by atoms with E-state index < -0.39 is 28.3 Å². The number of amides is 1. The lowest BCUT2D eigenvalue weighted by atomic mass is 9.77. The molecule has 1 amide bonds. The molecular formula is C17H12N2O5. The van der Waals surface area contributed by atoms with Gasteiger partial charge in [-0.25, -0.2) is 0 Å². The average molecular weight is 324 g/mol. The Morgan fingerprint density at radius 3 is 2.62 bits per heavy atom. The quantitative estimate of drug-likeness (QED) is 0.520. The van der Waals surface area contributed by atoms with Gasteiger partial charge in [-0.15, -0.1) is 0 Å². The summed E-state index contributed by atoms with van der Waals surface area (Å²) < 4.78 is 5.48. The summed E-state index contributed by atoms with van der Waals surface area (Å²) in [6.07, 6.45) is -0.0907. The molecule has 2 aliphatic rings. The topological polar surface area (TPSA) is 98.5 Å². The molecule has 2 heterocycles. The van der Waals surface area contributed by atoms with E-state index in [1.54, 1.807) is 42.5 Å². The molecule has 2 aromatic rings. The van der Waals surface area contributed by atoms with Crippen LogP contribution in [0.5, 0.6) is 0 Å². The number of carbonyl (C=O) groups is 2. The number of fused-ring (bicyclic) bond motifs is 2. The maximum Gasteiger partial charge on any atom is 0.308 e. The number of nitrogens with zero attached hydrogens (tertiary/aromatic N) is 1. The second-order valence-corrected chi connectivity index (χ2v) is 5.78. The van der Waals surface area contributed by atoms with Crippen LogP contribution in [0.2, 0.25) is 0 Å². The van der Waals surface area contributed by atoms with Gasteiger partial charge in [-0.05, 0) is 6.07 Å². The summed E-state index contributed by atoms with van der Waals surface area (Å²) in [7, 11) is 0. The van der Waals surface area contributed by atoms with Crippen LogP contribution in [0.3, 0.4) is 0 Å². The lowest BCUT2D eigenvalue weighted by Gasteiger charge is -2.27. The molecule has 0 aromatic heterocycles. The number of nitro benzene ring substituents is 1. The van der Waals surface area contributed by atoms with Crippen LogP contribution < -0.4 is 5.32 Å². The minimum atomic E-state index is -1.56. The molecule has 2 aromatic carbocycles. The van der Waals surface area contributed by atoms with Crippen molar-refractivity contribution in [1.82, 2.24) is 0 Å². The fourth-order valence-electron chi connectivity index (χ4n) is 3.58. The van der Waals surface area contributed by atoms with E-state index in [-0.39, 0.29) is 12.1 Å². The highest BCUT2D eigenvalue weighted by Gasteiger charge is 2.61. The first-order chi connectivity index (χ1) is 11.5. The van der Waals surface area contributed by atoms with Crippen LogP contribution in [-0.2, 0) is 19.9 Å². The Kier molecular flexibility index (Phi) is 2.93. The largest absolute Gasteiger partial charge is 0.443 e. The maximum atomic E-state index is 12.7. The van der Waals surface area contributed by atoms with Crippen LogP contribution in [-0.4, -0.2) is 16.8 Å². The zero-order valence-corrected chi connectivity index (χ0v) is 12.4. The zero-order chi connectivity index (χ0) is 16.9. The van der Waals surface area contributed by atoms with E-state index in [0.717, 1.165) is 0 Å². The van der Waals surface area contributed by atoms with Gasteiger partial charge in [0, 0.05) is 22.9 Å². The summed E-state index contributed by atoms with van der Waals surface area (Å²) in [6.45, 7) is 0. The monoisotopic (exact) mass is 324 g/mol. The molecule has 2 atom stereocenters. The Morgan fingerprint density at radius 1 is 1.12 bits per heavy atom. The molecule has 1 fully saturated rings. The van der Waals surface area contributed by atoms with E-state index in [1.807, 2.05) is 0 Å². The Balaban J connectivity index is 1.95. The van der Waals surface area contributed by atoms with Crippen molar-refractivity contribution in [1.29, 1.82) is 0 Å². The molecule has 0 bridgehead atoms. The van der Waals surface area contributed by atoms with Crippen molar-refractivity contribution >= 4 is 23.3 Å². The summed E-state index contributed by atoms with van der Waals surface area (Å²) in [5, 5.41) is 14.1. The lowest BCUT2D eigenvalue weighted by molar-refractivity contribution is -0.385. The Labute approximate surface area is 136 Å². The van der Waals surface area contributed by atoms with Crippen molar-refractivity contribution in [2.75, 3.05) is 5.32 Å². The third kappa shape index (κ3) is 1.78. The summed E-state index contributed by atoms with van der Waals surface area (Å²) in [5.74, 6) is -1.78. The highest BCUT2D eigenvalue weighted by molar-refractivity contribution is 6.08. The van der Waals surface area contributed by atoms with Crippen molar-refractivity contribution in [3.63, 3.8) is 0 Å². The number of para-hydroxylation sites is 2. The van der Waals surface area contributed by atoms with Gasteiger partial charge in [0.1, 0.15) is 0 Å². The number of hydrogen-bond acceptors (Lipinski definition) is 5. The second-order valence-electron chi connectivity index (χ2n) is 5.78. The van der Waals surface area contributed by atoms with Crippen molar-refractivity contribution in [3.8, 4) is 0 Å². The number of esters is 1. The van der Waals surface area contributed by atoms with Crippen molar-refractivity contribution in [3.05, 3.63) is 69.8 Å². The van der Waals surface area contributed by atoms with E-state index in [1.165, 1.54) is 6.07 Å². The minimum Gasteiger partial charge on any atom is -0.443 e. The van der Waals surface area contributed by atoms with Crippen molar-refractivity contribution in [2.45, 2.75) is 17.9 Å². The van der Waals surface area contributed by atoms with E-state index in [0.29, 0.717) is 16.8 Å². The smallest absolute Gasteiger partial charge is 0.308 e. The molecule has 7 nitrogen and oxygen atoms in total. The highest BCUT2D eigenvalue weighted by atomic mass is 16.6. The first kappa shape index (κ1) is 14.4. The van der Waals surface area contributed by atoms with Gasteiger partial charge in [0.25, 0.3) is 11.6 Å². The van der Waals surface area contributed by atoms with Crippen LogP contribution in [0.15, 0.2) is 48.5 Å². The average Bonchev–Trinajstić information content (AvgIpc) is 3.06. The molecule has 4 rings (SSSR count). The summed E-state index contributed by atoms with van der Waals surface area (Å²) in [4.78, 5) is 35.6. The van der Waals surface area contributed by atoms with Gasteiger partial charge >= 0.3 is 5.97 Å². The third-order valence-corrected chi connectivity index (χ3v) is 4.56. The van der Waals surface area contributed by atoms with Crippen LogP contribution in [0.1, 0.15) is 23.5 Å². The fourth-order valence-corrected chi connectivity index (χ4v) is 3.58. The predicted molar refractivity (Wildman–Crippen MR) is 83.3 cm³/mol. The molecule has 1 spiro atoms. The maximum absolute atomic E-state index is 12.7. The number of ether oxygens (including phenoxy) is 1. The van der Waals surface area contributed by atoms with Crippen LogP contribution in [0.4, 0.5) is 11.4 Å². The lowest BCUT2D eigenvalue weighted by Crippen LogP contribution is -2.39. The van der Waals surface area contributed by atoms with E-state index in [9.17, 15) is 19.7 Å². The molecular weight excluding hydrogens is 312 g/mol. The highest BCUT2D eigenvalue weighted by Crippen LogP contribution is 2.54. The standard InChI is InChI=1S/C17H12N2O5/c20-15-9-12(10-5-1-4-8-14(10)19(22)23)17(24-15)11-6-2-3-7-13(11)18-16(17)21/h1-8,12H,9H2,(H,18,21)/t12-,17-/m0/s1. The molecule has 7 heteroatoms. The number of nitrogens with one attached hydrogen (secondary N) is 1.